The molecule has 0 radical (unpaired) electrons. The average Bonchev–Trinajstić information content (AvgIpc) is 3.27. The highest BCUT2D eigenvalue weighted by molar-refractivity contribution is 5.96. The molecule has 0 aliphatic carbocycles. The molecule has 0 N–H and O–H groups in total. The molecule has 210 valence electrons. The number of likely N-dealkylation sites (N-methyl/N-ethyl adjacent to an activating group) is 1. The average molecular weight is 535 g/mol. The molecule has 4 rings (SSSR count). The van der Waals surface area contributed by atoms with Crippen molar-refractivity contribution in [2.24, 2.45) is 0 Å². The Bertz CT molecular complexity index is 1190. The zero-order valence-corrected chi connectivity index (χ0v) is 24.0. The summed E-state index contributed by atoms with van der Waals surface area (Å²) in [6.45, 7) is 12.1. The van der Waals surface area contributed by atoms with Crippen molar-refractivity contribution in [3.8, 4) is 16.9 Å². The summed E-state index contributed by atoms with van der Waals surface area (Å²) in [4.78, 5) is 20.9. The van der Waals surface area contributed by atoms with Crippen LogP contribution in [0.4, 0.5) is 5.69 Å². The van der Waals surface area contributed by atoms with Gasteiger partial charge in [-0.2, -0.15) is 0 Å². The van der Waals surface area contributed by atoms with E-state index in [1.165, 1.54) is 12.7 Å². The van der Waals surface area contributed by atoms with Gasteiger partial charge in [0.1, 0.15) is 11.5 Å². The minimum atomic E-state index is -0.291. The Balaban J connectivity index is 1.58. The third-order valence-electron chi connectivity index (χ3n) is 7.19. The van der Waals surface area contributed by atoms with E-state index in [2.05, 4.69) is 56.0 Å². The molecule has 0 aromatic heterocycles. The maximum absolute atomic E-state index is 12.6. The SMILES string of the molecule is CCCCOC(C)Oc1ccc(-c2ccc3c(c2)C=C(C(=O)OC)CCN3CC2=C(CC)ON(CC)C2)cc1. The van der Waals surface area contributed by atoms with Crippen molar-refractivity contribution in [3.05, 3.63) is 64.9 Å². The Hall–Kier alpha value is -3.29. The first-order chi connectivity index (χ1) is 18.9. The van der Waals surface area contributed by atoms with E-state index in [0.717, 1.165) is 79.3 Å². The van der Waals surface area contributed by atoms with Gasteiger partial charge in [-0.3, -0.25) is 0 Å². The second-order valence-corrected chi connectivity index (χ2v) is 9.97. The molecule has 0 amide bonds. The number of ether oxygens (including phenoxy) is 3. The van der Waals surface area contributed by atoms with Crippen molar-refractivity contribution in [1.82, 2.24) is 5.06 Å². The molecular formula is C32H42N2O5. The standard InChI is InChI=1S/C32H42N2O5/c1-6-9-18-37-23(4)38-29-13-10-24(11-14-29)25-12-15-30-27(19-25)20-26(32(35)36-5)16-17-33(30)21-28-22-34(8-3)39-31(28)7-2/h10-15,19-20,23H,6-9,16-18,21-22H2,1-5H3. The summed E-state index contributed by atoms with van der Waals surface area (Å²) in [6.07, 6.45) is 5.29. The topological polar surface area (TPSA) is 60.5 Å². The largest absolute Gasteiger partial charge is 0.466 e. The summed E-state index contributed by atoms with van der Waals surface area (Å²) in [5.41, 5.74) is 6.24. The molecule has 7 nitrogen and oxygen atoms in total. The van der Waals surface area contributed by atoms with Gasteiger partial charge >= 0.3 is 5.97 Å². The number of carbonyl (C=O) groups is 1. The Morgan fingerprint density at radius 2 is 1.85 bits per heavy atom. The highest BCUT2D eigenvalue weighted by atomic mass is 16.7. The van der Waals surface area contributed by atoms with Crippen LogP contribution in [0.1, 0.15) is 58.9 Å². The highest BCUT2D eigenvalue weighted by Crippen LogP contribution is 2.35. The van der Waals surface area contributed by atoms with Crippen LogP contribution >= 0.6 is 0 Å². The van der Waals surface area contributed by atoms with Crippen molar-refractivity contribution in [3.63, 3.8) is 0 Å². The number of esters is 1. The molecule has 2 aliphatic heterocycles. The van der Waals surface area contributed by atoms with E-state index in [9.17, 15) is 4.79 Å². The van der Waals surface area contributed by atoms with Gasteiger partial charge in [-0.25, -0.2) is 4.79 Å². The molecule has 2 aromatic rings. The van der Waals surface area contributed by atoms with Crippen LogP contribution in [0.2, 0.25) is 0 Å². The lowest BCUT2D eigenvalue weighted by molar-refractivity contribution is -0.136. The van der Waals surface area contributed by atoms with Gasteiger partial charge in [-0.15, -0.1) is 5.06 Å². The van der Waals surface area contributed by atoms with Crippen LogP contribution in [0, 0.1) is 0 Å². The number of methoxy groups -OCH3 is 1. The van der Waals surface area contributed by atoms with Gasteiger partial charge in [0.2, 0.25) is 0 Å². The summed E-state index contributed by atoms with van der Waals surface area (Å²) in [5, 5.41) is 2.00. The predicted molar refractivity (Wildman–Crippen MR) is 155 cm³/mol. The quantitative estimate of drug-likeness (QED) is 0.173. The molecule has 0 saturated carbocycles. The first-order valence-corrected chi connectivity index (χ1v) is 14.2. The number of carbonyl (C=O) groups excluding carboxylic acids is 1. The van der Waals surface area contributed by atoms with Crippen molar-refractivity contribution >= 4 is 17.7 Å². The van der Waals surface area contributed by atoms with Crippen LogP contribution in [0.25, 0.3) is 17.2 Å². The second kappa shape index (κ2) is 13.7. The summed E-state index contributed by atoms with van der Waals surface area (Å²) >= 11 is 0. The molecular weight excluding hydrogens is 492 g/mol. The van der Waals surface area contributed by atoms with E-state index in [4.69, 9.17) is 19.0 Å². The third-order valence-corrected chi connectivity index (χ3v) is 7.19. The minimum absolute atomic E-state index is 0.278. The fourth-order valence-corrected chi connectivity index (χ4v) is 4.99. The Kier molecular flexibility index (Phi) is 10.1. The van der Waals surface area contributed by atoms with Crippen LogP contribution in [-0.2, 0) is 19.1 Å². The number of anilines is 1. The van der Waals surface area contributed by atoms with Crippen LogP contribution < -0.4 is 9.64 Å². The molecule has 2 aliphatic rings. The van der Waals surface area contributed by atoms with Crippen molar-refractivity contribution in [2.45, 2.75) is 59.7 Å². The Labute approximate surface area is 232 Å². The molecule has 1 atom stereocenters. The van der Waals surface area contributed by atoms with E-state index >= 15 is 0 Å². The van der Waals surface area contributed by atoms with Crippen molar-refractivity contribution in [2.75, 3.05) is 44.8 Å². The number of fused-ring (bicyclic) bond motifs is 1. The van der Waals surface area contributed by atoms with Gasteiger partial charge in [0.25, 0.3) is 0 Å². The molecule has 7 heteroatoms. The van der Waals surface area contributed by atoms with Crippen molar-refractivity contribution in [1.29, 1.82) is 0 Å². The van der Waals surface area contributed by atoms with Crippen LogP contribution in [0.5, 0.6) is 5.75 Å². The zero-order valence-electron chi connectivity index (χ0n) is 24.0. The van der Waals surface area contributed by atoms with Crippen LogP contribution in [0.3, 0.4) is 0 Å². The first-order valence-electron chi connectivity index (χ1n) is 14.2. The van der Waals surface area contributed by atoms with Gasteiger partial charge < -0.3 is 23.9 Å². The minimum Gasteiger partial charge on any atom is -0.466 e. The Morgan fingerprint density at radius 3 is 2.54 bits per heavy atom. The number of rotatable bonds is 12. The zero-order chi connectivity index (χ0) is 27.8. The van der Waals surface area contributed by atoms with Crippen LogP contribution in [-0.4, -0.2) is 57.2 Å². The number of hydrogen-bond acceptors (Lipinski definition) is 7. The van der Waals surface area contributed by atoms with Gasteiger partial charge in [0, 0.05) is 42.9 Å². The number of unbranched alkanes of at least 4 members (excludes halogenated alkanes) is 1. The van der Waals surface area contributed by atoms with E-state index < -0.39 is 0 Å². The molecule has 0 spiro atoms. The maximum atomic E-state index is 12.6. The predicted octanol–water partition coefficient (Wildman–Crippen LogP) is 6.59. The fourth-order valence-electron chi connectivity index (χ4n) is 4.99. The monoisotopic (exact) mass is 534 g/mol. The summed E-state index contributed by atoms with van der Waals surface area (Å²) in [6, 6.07) is 14.5. The van der Waals surface area contributed by atoms with E-state index in [1.807, 2.05) is 30.2 Å². The fraction of sp³-hybridized carbons (Fsp3) is 0.469. The normalized spacial score (nSPS) is 16.3. The van der Waals surface area contributed by atoms with Crippen LogP contribution in [0.15, 0.2) is 59.4 Å². The number of hydroxylamine groups is 2. The summed E-state index contributed by atoms with van der Waals surface area (Å²) in [7, 11) is 1.44. The Morgan fingerprint density at radius 1 is 1.08 bits per heavy atom. The van der Waals surface area contributed by atoms with Gasteiger partial charge in [0.15, 0.2) is 6.29 Å². The lowest BCUT2D eigenvalue weighted by atomic mass is 10.00. The molecule has 2 heterocycles. The van der Waals surface area contributed by atoms with Gasteiger partial charge in [0.05, 0.1) is 20.3 Å². The molecule has 2 aromatic carbocycles. The number of benzene rings is 2. The van der Waals surface area contributed by atoms with E-state index in [1.54, 1.807) is 0 Å². The lowest BCUT2D eigenvalue weighted by Gasteiger charge is -2.26. The lowest BCUT2D eigenvalue weighted by Crippen LogP contribution is -2.29. The molecule has 0 bridgehead atoms. The molecule has 39 heavy (non-hydrogen) atoms. The van der Waals surface area contributed by atoms with Crippen molar-refractivity contribution < 1.29 is 23.8 Å². The summed E-state index contributed by atoms with van der Waals surface area (Å²) in [5.74, 6) is 1.55. The van der Waals surface area contributed by atoms with Gasteiger partial charge in [-0.1, -0.05) is 38.5 Å². The van der Waals surface area contributed by atoms with E-state index in [-0.39, 0.29) is 12.3 Å². The third kappa shape index (κ3) is 7.22. The number of nitrogens with zero attached hydrogens (tertiary/aromatic N) is 2. The number of allylic oxidation sites excluding steroid dienone is 1. The maximum Gasteiger partial charge on any atom is 0.333 e. The number of hydrogen-bond donors (Lipinski definition) is 0. The second-order valence-electron chi connectivity index (χ2n) is 9.97. The first kappa shape index (κ1) is 28.7. The molecule has 0 saturated heterocycles. The molecule has 0 fully saturated rings. The van der Waals surface area contributed by atoms with Gasteiger partial charge in [-0.05, 0) is 73.7 Å². The molecule has 1 unspecified atom stereocenters. The summed E-state index contributed by atoms with van der Waals surface area (Å²) < 4.78 is 16.7. The van der Waals surface area contributed by atoms with E-state index in [0.29, 0.717) is 18.6 Å². The smallest absolute Gasteiger partial charge is 0.333 e. The highest BCUT2D eigenvalue weighted by Gasteiger charge is 2.26.